The first kappa shape index (κ1) is 54.1. The summed E-state index contributed by atoms with van der Waals surface area (Å²) >= 11 is 0. The fourth-order valence-corrected chi connectivity index (χ4v) is 9.38. The SMILES string of the molecule is CCCCCCCCCCCCCCCCCCc1c(C(CCCCCCCCCCCCCCCCCC)OP(=O)(O)O)cc(C(C)(C)C)c(O)c1C(C)(C)C. The maximum Gasteiger partial charge on any atom is 0.470 e. The smallest absolute Gasteiger partial charge is 0.470 e. The second-order valence-corrected chi connectivity index (χ2v) is 21.1. The highest BCUT2D eigenvalue weighted by molar-refractivity contribution is 7.46. The second kappa shape index (κ2) is 31.9. The van der Waals surface area contributed by atoms with Crippen molar-refractivity contribution in [2.75, 3.05) is 0 Å². The molecule has 0 aliphatic carbocycles. The van der Waals surface area contributed by atoms with Gasteiger partial charge in [0, 0.05) is 5.56 Å². The maximum atomic E-state index is 12.5. The summed E-state index contributed by atoms with van der Waals surface area (Å²) in [4.78, 5) is 20.3. The number of unbranched alkanes of at least 4 members (excludes halogenated alkanes) is 30. The highest BCUT2D eigenvalue weighted by Crippen LogP contribution is 2.50. The van der Waals surface area contributed by atoms with Gasteiger partial charge in [-0.15, -0.1) is 0 Å². The van der Waals surface area contributed by atoms with Gasteiger partial charge in [-0.25, -0.2) is 4.57 Å². The number of phosphoric acid groups is 1. The van der Waals surface area contributed by atoms with E-state index in [2.05, 4.69) is 55.4 Å². The van der Waals surface area contributed by atoms with E-state index in [4.69, 9.17) is 4.52 Å². The molecular weight excluding hydrogens is 724 g/mol. The molecule has 0 amide bonds. The van der Waals surface area contributed by atoms with E-state index in [1.165, 1.54) is 173 Å². The van der Waals surface area contributed by atoms with Crippen molar-refractivity contribution in [3.63, 3.8) is 0 Å². The van der Waals surface area contributed by atoms with E-state index in [1.54, 1.807) is 0 Å². The van der Waals surface area contributed by atoms with Crippen molar-refractivity contribution in [1.82, 2.24) is 0 Å². The first-order valence-electron chi connectivity index (χ1n) is 24.8. The van der Waals surface area contributed by atoms with Gasteiger partial charge >= 0.3 is 7.82 Å². The summed E-state index contributed by atoms with van der Waals surface area (Å²) in [5, 5.41) is 11.8. The summed E-state index contributed by atoms with van der Waals surface area (Å²) < 4.78 is 18.2. The molecule has 0 aliphatic rings. The summed E-state index contributed by atoms with van der Waals surface area (Å²) in [6.45, 7) is 17.3. The van der Waals surface area contributed by atoms with Crippen molar-refractivity contribution in [3.8, 4) is 5.75 Å². The highest BCUT2D eigenvalue weighted by atomic mass is 31.2. The molecule has 0 aliphatic heterocycles. The Balaban J connectivity index is 2.76. The van der Waals surface area contributed by atoms with Gasteiger partial charge in [-0.2, -0.15) is 0 Å². The quantitative estimate of drug-likeness (QED) is 0.0460. The van der Waals surface area contributed by atoms with Crippen LogP contribution in [0, 0.1) is 0 Å². The number of phosphoric ester groups is 1. The molecule has 336 valence electrons. The number of aromatic hydroxyl groups is 1. The minimum Gasteiger partial charge on any atom is -0.507 e. The minimum absolute atomic E-state index is 0.336. The third-order valence-electron chi connectivity index (χ3n) is 12.2. The molecule has 1 unspecified atom stereocenters. The van der Waals surface area contributed by atoms with E-state index in [9.17, 15) is 19.5 Å². The van der Waals surface area contributed by atoms with Crippen molar-refractivity contribution in [2.24, 2.45) is 0 Å². The molecule has 1 rings (SSSR count). The van der Waals surface area contributed by atoms with Gasteiger partial charge in [-0.1, -0.05) is 254 Å². The third kappa shape index (κ3) is 26.9. The number of phenols is 1. The van der Waals surface area contributed by atoms with E-state index >= 15 is 0 Å². The fourth-order valence-electron chi connectivity index (χ4n) is 8.83. The van der Waals surface area contributed by atoms with Gasteiger partial charge in [-0.05, 0) is 52.8 Å². The number of rotatable bonds is 37. The van der Waals surface area contributed by atoms with Crippen LogP contribution in [0.5, 0.6) is 5.75 Å². The first-order chi connectivity index (χ1) is 27.1. The highest BCUT2D eigenvalue weighted by Gasteiger charge is 2.34. The molecule has 3 N–H and O–H groups in total. The molecule has 0 radical (unpaired) electrons. The van der Waals surface area contributed by atoms with E-state index in [-0.39, 0.29) is 10.8 Å². The van der Waals surface area contributed by atoms with Crippen LogP contribution < -0.4 is 0 Å². The average molecular weight is 821 g/mol. The Morgan fingerprint density at radius 2 is 0.825 bits per heavy atom. The van der Waals surface area contributed by atoms with Crippen molar-refractivity contribution in [1.29, 1.82) is 0 Å². The van der Waals surface area contributed by atoms with Crippen molar-refractivity contribution in [3.05, 3.63) is 28.3 Å². The van der Waals surface area contributed by atoms with E-state index in [0.29, 0.717) is 12.2 Å². The zero-order chi connectivity index (χ0) is 42.4. The van der Waals surface area contributed by atoms with Crippen LogP contribution >= 0.6 is 7.82 Å². The van der Waals surface area contributed by atoms with E-state index < -0.39 is 13.9 Å². The van der Waals surface area contributed by atoms with Crippen LogP contribution in [0.15, 0.2) is 6.07 Å². The molecule has 0 aromatic heterocycles. The molecular formula is C51H97O5P. The molecule has 0 saturated carbocycles. The lowest BCUT2D eigenvalue weighted by molar-refractivity contribution is 0.124. The van der Waals surface area contributed by atoms with Gasteiger partial charge in [0.2, 0.25) is 0 Å². The van der Waals surface area contributed by atoms with Gasteiger partial charge in [0.05, 0.1) is 6.10 Å². The Labute approximate surface area is 355 Å². The number of hydrogen-bond acceptors (Lipinski definition) is 3. The van der Waals surface area contributed by atoms with Crippen molar-refractivity contribution in [2.45, 2.75) is 291 Å². The third-order valence-corrected chi connectivity index (χ3v) is 12.7. The largest absolute Gasteiger partial charge is 0.507 e. The van der Waals surface area contributed by atoms with Gasteiger partial charge in [-0.3, -0.25) is 4.52 Å². The summed E-state index contributed by atoms with van der Waals surface area (Å²) in [6, 6.07) is 2.03. The van der Waals surface area contributed by atoms with Crippen molar-refractivity contribution < 1.29 is 24.0 Å². The molecule has 57 heavy (non-hydrogen) atoms. The fraction of sp³-hybridized carbons (Fsp3) is 0.882. The monoisotopic (exact) mass is 821 g/mol. The van der Waals surface area contributed by atoms with Crippen LogP contribution in [0.3, 0.4) is 0 Å². The van der Waals surface area contributed by atoms with Crippen LogP contribution in [-0.2, 0) is 26.3 Å². The average Bonchev–Trinajstić information content (AvgIpc) is 3.12. The molecule has 5 nitrogen and oxygen atoms in total. The molecule has 0 heterocycles. The topological polar surface area (TPSA) is 87.0 Å². The Kier molecular flexibility index (Phi) is 30.3. The predicted molar refractivity (Wildman–Crippen MR) is 249 cm³/mol. The minimum atomic E-state index is -4.75. The van der Waals surface area contributed by atoms with Crippen LogP contribution in [0.2, 0.25) is 0 Å². The lowest BCUT2D eigenvalue weighted by Gasteiger charge is -2.33. The molecule has 1 atom stereocenters. The van der Waals surface area contributed by atoms with Gasteiger partial charge in [0.15, 0.2) is 0 Å². The summed E-state index contributed by atoms with van der Waals surface area (Å²) in [5.74, 6) is 0.336. The van der Waals surface area contributed by atoms with Crippen LogP contribution in [0.1, 0.15) is 296 Å². The molecule has 6 heteroatoms. The Morgan fingerprint density at radius 3 is 1.12 bits per heavy atom. The summed E-state index contributed by atoms with van der Waals surface area (Å²) in [5.41, 5.74) is 2.96. The predicted octanol–water partition coefficient (Wildman–Crippen LogP) is 17.6. The zero-order valence-corrected chi connectivity index (χ0v) is 40.2. The van der Waals surface area contributed by atoms with Crippen LogP contribution in [0.25, 0.3) is 0 Å². The van der Waals surface area contributed by atoms with Gasteiger partial charge < -0.3 is 14.9 Å². The maximum absolute atomic E-state index is 12.5. The summed E-state index contributed by atoms with van der Waals surface area (Å²) in [6.07, 6.45) is 42.3. The molecule has 0 saturated heterocycles. The number of phenolic OH excluding ortho intramolecular Hbond substituents is 1. The molecule has 0 spiro atoms. The normalized spacial score (nSPS) is 13.2. The van der Waals surface area contributed by atoms with Gasteiger partial charge in [0.1, 0.15) is 5.75 Å². The second-order valence-electron chi connectivity index (χ2n) is 19.9. The summed E-state index contributed by atoms with van der Waals surface area (Å²) in [7, 11) is -4.75. The molecule has 1 aromatic rings. The van der Waals surface area contributed by atoms with E-state index in [1.807, 2.05) is 6.07 Å². The number of hydrogen-bond donors (Lipinski definition) is 3. The zero-order valence-electron chi connectivity index (χ0n) is 39.3. The van der Waals surface area contributed by atoms with Gasteiger partial charge in [0.25, 0.3) is 0 Å². The first-order valence-corrected chi connectivity index (χ1v) is 26.3. The Hall–Kier alpha value is -0.870. The molecule has 1 aromatic carbocycles. The molecule has 0 bridgehead atoms. The Morgan fingerprint density at radius 1 is 0.509 bits per heavy atom. The van der Waals surface area contributed by atoms with Crippen molar-refractivity contribution >= 4 is 7.82 Å². The van der Waals surface area contributed by atoms with Crippen LogP contribution in [-0.4, -0.2) is 14.9 Å². The molecule has 0 fully saturated rings. The van der Waals surface area contributed by atoms with Crippen LogP contribution in [0.4, 0.5) is 0 Å². The van der Waals surface area contributed by atoms with E-state index in [0.717, 1.165) is 60.8 Å². The lowest BCUT2D eigenvalue weighted by Crippen LogP contribution is -2.22. The number of benzene rings is 1. The Bertz CT molecular complexity index is 1160. The lowest BCUT2D eigenvalue weighted by atomic mass is 9.73. The standard InChI is InChI=1S/C51H97O5P/c1-9-11-13-15-17-19-21-23-25-27-29-31-33-35-37-39-41-44-45(43-46(50(3,4)5)49(52)48(44)51(6,7)8)47(56-57(53,54)55)42-40-38-36-34-32-30-28-26-24-22-20-18-16-14-12-10-2/h43,47,52H,9-42H2,1-8H3,(H2,53,54,55).